The van der Waals surface area contributed by atoms with Gasteiger partial charge in [0.05, 0.1) is 27.6 Å². The number of nitrogens with zero attached hydrogens (tertiary/aromatic N) is 7. The van der Waals surface area contributed by atoms with Crippen molar-refractivity contribution in [2.24, 2.45) is 0 Å². The summed E-state index contributed by atoms with van der Waals surface area (Å²) in [6.45, 7) is 0. The minimum absolute atomic E-state index is 0.523. The molecule has 0 spiro atoms. The first-order chi connectivity index (χ1) is 26.8. The molecule has 4 aromatic heterocycles. The predicted octanol–water partition coefficient (Wildman–Crippen LogP) is 11.0. The number of aromatic nitrogens is 7. The number of fused-ring (bicyclic) bond motifs is 10. The average molecular weight is 692 g/mol. The van der Waals surface area contributed by atoms with Gasteiger partial charge in [0.1, 0.15) is 6.33 Å². The number of para-hydroxylation sites is 3. The van der Waals surface area contributed by atoms with Crippen LogP contribution in [0.1, 0.15) is 0 Å². The number of benzene rings is 7. The van der Waals surface area contributed by atoms with Crippen LogP contribution in [0.5, 0.6) is 0 Å². The molecule has 0 aliphatic rings. The summed E-state index contributed by atoms with van der Waals surface area (Å²) in [5.41, 5.74) is 10.0. The molecule has 4 heterocycles. The van der Waals surface area contributed by atoms with Crippen molar-refractivity contribution in [3.8, 4) is 45.5 Å². The smallest absolute Gasteiger partial charge is 0.238 e. The monoisotopic (exact) mass is 691 g/mol. The third-order valence-electron chi connectivity index (χ3n) is 10.3. The fraction of sp³-hybridized carbons (Fsp3) is 0. The molecule has 0 bridgehead atoms. The molecule has 0 aliphatic heterocycles. The van der Waals surface area contributed by atoms with Gasteiger partial charge in [-0.15, -0.1) is 0 Å². The molecule has 11 aromatic rings. The molecule has 0 saturated carbocycles. The molecule has 7 aromatic carbocycles. The summed E-state index contributed by atoms with van der Waals surface area (Å²) in [7, 11) is 0. The number of hydrogen-bond acceptors (Lipinski definition) is 5. The predicted molar refractivity (Wildman–Crippen MR) is 218 cm³/mol. The van der Waals surface area contributed by atoms with Crippen molar-refractivity contribution < 1.29 is 0 Å². The molecule has 0 fully saturated rings. The molecular weight excluding hydrogens is 663 g/mol. The van der Waals surface area contributed by atoms with Crippen LogP contribution in [0.4, 0.5) is 0 Å². The van der Waals surface area contributed by atoms with Gasteiger partial charge in [-0.05, 0) is 41.5 Å². The Hall–Kier alpha value is -7.51. The fourth-order valence-electron chi connectivity index (χ4n) is 7.98. The van der Waals surface area contributed by atoms with Gasteiger partial charge in [-0.2, -0.15) is 9.97 Å². The van der Waals surface area contributed by atoms with Gasteiger partial charge in [-0.1, -0.05) is 133 Å². The Bertz CT molecular complexity index is 3200. The fourth-order valence-corrected chi connectivity index (χ4v) is 7.98. The zero-order valence-electron chi connectivity index (χ0n) is 28.9. The topological polar surface area (TPSA) is 74.3 Å². The average Bonchev–Trinajstić information content (AvgIpc) is 3.79. The molecule has 0 N–H and O–H groups in total. The molecule has 0 unspecified atom stereocenters. The Labute approximate surface area is 309 Å². The largest absolute Gasteiger partial charge is 0.307 e. The molecule has 0 radical (unpaired) electrons. The van der Waals surface area contributed by atoms with Crippen molar-refractivity contribution in [3.05, 3.63) is 176 Å². The Morgan fingerprint density at radius 2 is 0.963 bits per heavy atom. The van der Waals surface area contributed by atoms with Crippen molar-refractivity contribution in [1.82, 2.24) is 34.1 Å². The second-order valence-electron chi connectivity index (χ2n) is 13.4. The Balaban J connectivity index is 1.32. The van der Waals surface area contributed by atoms with E-state index in [2.05, 4.69) is 142 Å². The number of hydrogen-bond donors (Lipinski definition) is 0. The summed E-state index contributed by atoms with van der Waals surface area (Å²) in [6.07, 6.45) is 3.59. The summed E-state index contributed by atoms with van der Waals surface area (Å²) in [5, 5.41) is 5.26. The van der Waals surface area contributed by atoms with E-state index in [9.17, 15) is 0 Å². The first-order valence-corrected chi connectivity index (χ1v) is 17.9. The van der Waals surface area contributed by atoms with Crippen LogP contribution in [0.3, 0.4) is 0 Å². The summed E-state index contributed by atoms with van der Waals surface area (Å²) < 4.78 is 4.57. The lowest BCUT2D eigenvalue weighted by Gasteiger charge is -2.14. The van der Waals surface area contributed by atoms with E-state index in [-0.39, 0.29) is 0 Å². The van der Waals surface area contributed by atoms with Crippen LogP contribution >= 0.6 is 0 Å². The van der Waals surface area contributed by atoms with Crippen LogP contribution < -0.4 is 0 Å². The van der Waals surface area contributed by atoms with Crippen LogP contribution in [-0.4, -0.2) is 34.1 Å². The van der Waals surface area contributed by atoms with Crippen molar-refractivity contribution >= 4 is 54.5 Å². The summed E-state index contributed by atoms with van der Waals surface area (Å²) in [5.74, 6) is 1.70. The number of rotatable bonds is 5. The SMILES string of the molecule is c1ccc(-c2cccc(-c3nc(-c4ccccc4)nc(-n4c5ccccc5c5c6ncncc6c6c7ccccc7n(-c7ccccc7)c6c54)n3)c2)cc1. The van der Waals surface area contributed by atoms with Crippen LogP contribution in [0.15, 0.2) is 176 Å². The van der Waals surface area contributed by atoms with Crippen molar-refractivity contribution in [3.63, 3.8) is 0 Å². The molecule has 0 atom stereocenters. The van der Waals surface area contributed by atoms with Gasteiger partial charge in [-0.3, -0.25) is 4.57 Å². The third-order valence-corrected chi connectivity index (χ3v) is 10.3. The van der Waals surface area contributed by atoms with E-state index in [1.165, 1.54) is 0 Å². The van der Waals surface area contributed by atoms with E-state index in [0.29, 0.717) is 17.6 Å². The minimum Gasteiger partial charge on any atom is -0.307 e. The van der Waals surface area contributed by atoms with Gasteiger partial charge in [0.2, 0.25) is 5.95 Å². The Kier molecular flexibility index (Phi) is 6.72. The maximum Gasteiger partial charge on any atom is 0.238 e. The molecule has 11 rings (SSSR count). The lowest BCUT2D eigenvalue weighted by molar-refractivity contribution is 0.953. The van der Waals surface area contributed by atoms with Crippen LogP contribution in [0, 0.1) is 0 Å². The lowest BCUT2D eigenvalue weighted by atomic mass is 10.0. The van der Waals surface area contributed by atoms with E-state index >= 15 is 0 Å². The second-order valence-corrected chi connectivity index (χ2v) is 13.4. The van der Waals surface area contributed by atoms with Gasteiger partial charge in [0.15, 0.2) is 11.6 Å². The van der Waals surface area contributed by atoms with Crippen LogP contribution in [0.2, 0.25) is 0 Å². The lowest BCUT2D eigenvalue weighted by Crippen LogP contribution is -2.07. The van der Waals surface area contributed by atoms with Crippen LogP contribution in [0.25, 0.3) is 100 Å². The van der Waals surface area contributed by atoms with E-state index in [1.54, 1.807) is 6.33 Å². The van der Waals surface area contributed by atoms with Crippen molar-refractivity contribution in [2.45, 2.75) is 0 Å². The molecule has 0 saturated heterocycles. The van der Waals surface area contributed by atoms with Crippen molar-refractivity contribution in [1.29, 1.82) is 0 Å². The Morgan fingerprint density at radius 1 is 0.407 bits per heavy atom. The molecule has 7 nitrogen and oxygen atoms in total. The maximum atomic E-state index is 5.35. The molecule has 252 valence electrons. The highest BCUT2D eigenvalue weighted by molar-refractivity contribution is 6.35. The van der Waals surface area contributed by atoms with Gasteiger partial charge in [0, 0.05) is 49.9 Å². The standard InChI is InChI=1S/C47H29N7/c1-4-15-30(16-5-1)32-19-14-20-33(27-32)46-50-45(31-17-6-2-7-18-31)51-47(52-46)54-39-26-13-11-24-36(39)41-42-37(28-48-29-49-42)40-35-23-10-12-25-38(35)53(43(40)44(41)54)34-21-8-3-9-22-34/h1-29H. The summed E-state index contributed by atoms with van der Waals surface area (Å²) >= 11 is 0. The molecular formula is C47H29N7. The zero-order chi connectivity index (χ0) is 35.6. The highest BCUT2D eigenvalue weighted by Crippen LogP contribution is 2.45. The van der Waals surface area contributed by atoms with E-state index in [0.717, 1.165) is 82.5 Å². The van der Waals surface area contributed by atoms with Gasteiger partial charge in [-0.25, -0.2) is 15.0 Å². The highest BCUT2D eigenvalue weighted by Gasteiger charge is 2.26. The molecule has 7 heteroatoms. The Morgan fingerprint density at radius 3 is 1.70 bits per heavy atom. The van der Waals surface area contributed by atoms with E-state index in [4.69, 9.17) is 19.9 Å². The van der Waals surface area contributed by atoms with Crippen LogP contribution in [-0.2, 0) is 0 Å². The van der Waals surface area contributed by atoms with E-state index < -0.39 is 0 Å². The third kappa shape index (κ3) is 4.58. The zero-order valence-corrected chi connectivity index (χ0v) is 28.9. The first-order valence-electron chi connectivity index (χ1n) is 17.9. The quantitative estimate of drug-likeness (QED) is 0.180. The normalized spacial score (nSPS) is 11.7. The van der Waals surface area contributed by atoms with Gasteiger partial charge < -0.3 is 4.57 Å². The maximum absolute atomic E-state index is 5.35. The molecule has 0 aliphatic carbocycles. The summed E-state index contributed by atoms with van der Waals surface area (Å²) in [6, 6.07) is 56.5. The second kappa shape index (κ2) is 12.0. The van der Waals surface area contributed by atoms with E-state index in [1.807, 2.05) is 42.6 Å². The molecule has 54 heavy (non-hydrogen) atoms. The molecule has 0 amide bonds. The van der Waals surface area contributed by atoms with Gasteiger partial charge >= 0.3 is 0 Å². The first kappa shape index (κ1) is 30.1. The minimum atomic E-state index is 0.523. The highest BCUT2D eigenvalue weighted by atomic mass is 15.2. The van der Waals surface area contributed by atoms with Crippen molar-refractivity contribution in [2.75, 3.05) is 0 Å². The van der Waals surface area contributed by atoms with Gasteiger partial charge in [0.25, 0.3) is 0 Å². The summed E-state index contributed by atoms with van der Waals surface area (Å²) in [4.78, 5) is 25.3.